The van der Waals surface area contributed by atoms with E-state index in [1.165, 1.54) is 13.8 Å². The molecule has 0 amide bonds. The number of aliphatic hydroxyl groups excluding tert-OH is 2. The van der Waals surface area contributed by atoms with Crippen LogP contribution in [0.25, 0.3) is 0 Å². The fraction of sp³-hybridized carbons (Fsp3) is 0.724. The van der Waals surface area contributed by atoms with Crippen LogP contribution in [0.2, 0.25) is 0 Å². The summed E-state index contributed by atoms with van der Waals surface area (Å²) in [6.07, 6.45) is 5.67. The summed E-state index contributed by atoms with van der Waals surface area (Å²) in [4.78, 5) is 47.5. The largest absolute Gasteiger partial charge is 0.463 e. The molecule has 0 aromatic carbocycles. The van der Waals surface area contributed by atoms with Crippen molar-refractivity contribution in [2.75, 3.05) is 26.4 Å². The van der Waals surface area contributed by atoms with Gasteiger partial charge in [-0.05, 0) is 83.5 Å². The molecular formula is C29H44O10. The molecule has 2 atom stereocenters. The van der Waals surface area contributed by atoms with Gasteiger partial charge in [0.05, 0.1) is 11.8 Å². The lowest BCUT2D eigenvalue weighted by molar-refractivity contribution is -0.156. The Morgan fingerprint density at radius 3 is 1.23 bits per heavy atom. The Morgan fingerprint density at radius 2 is 0.923 bits per heavy atom. The minimum absolute atomic E-state index is 0.184. The fourth-order valence-corrected chi connectivity index (χ4v) is 5.02. The first-order valence-electron chi connectivity index (χ1n) is 13.8. The quantitative estimate of drug-likeness (QED) is 0.187. The highest BCUT2D eigenvalue weighted by Gasteiger charge is 2.32. The lowest BCUT2D eigenvalue weighted by Crippen LogP contribution is -2.31. The van der Waals surface area contributed by atoms with Gasteiger partial charge in [-0.15, -0.1) is 0 Å². The van der Waals surface area contributed by atoms with Crippen LogP contribution >= 0.6 is 0 Å². The summed E-state index contributed by atoms with van der Waals surface area (Å²) in [6, 6.07) is 0. The molecule has 0 aromatic rings. The number of ether oxygens (including phenoxy) is 4. The second kappa shape index (κ2) is 16.4. The maximum atomic E-state index is 12.4. The molecule has 10 heteroatoms. The molecule has 10 nitrogen and oxygen atoms in total. The smallest absolute Gasteiger partial charge is 0.333 e. The predicted molar refractivity (Wildman–Crippen MR) is 141 cm³/mol. The SMILES string of the molecule is C=C(C)C(=O)OCC(O)COC(=O)C1CCC(CC2CCC(C(=O)OCC(O)COC(=O)C(=C)C)CC2)CC1. The molecule has 2 saturated carbocycles. The number of hydrogen-bond donors (Lipinski definition) is 2. The first-order chi connectivity index (χ1) is 18.5. The van der Waals surface area contributed by atoms with E-state index in [9.17, 15) is 29.4 Å². The van der Waals surface area contributed by atoms with E-state index in [-0.39, 0.29) is 61.3 Å². The summed E-state index contributed by atoms with van der Waals surface area (Å²) in [6.45, 7) is 9.03. The van der Waals surface area contributed by atoms with Gasteiger partial charge in [0.25, 0.3) is 0 Å². The van der Waals surface area contributed by atoms with Crippen LogP contribution < -0.4 is 0 Å². The van der Waals surface area contributed by atoms with Crippen molar-refractivity contribution in [1.29, 1.82) is 0 Å². The molecule has 220 valence electrons. The van der Waals surface area contributed by atoms with Crippen LogP contribution in [0.15, 0.2) is 24.3 Å². The summed E-state index contributed by atoms with van der Waals surface area (Å²) in [5.41, 5.74) is 0.472. The van der Waals surface area contributed by atoms with Crippen LogP contribution in [0.3, 0.4) is 0 Å². The molecule has 0 aromatic heterocycles. The second-order valence-electron chi connectivity index (χ2n) is 11.0. The van der Waals surface area contributed by atoms with Crippen LogP contribution in [-0.4, -0.2) is 72.7 Å². The summed E-state index contributed by atoms with van der Waals surface area (Å²) in [7, 11) is 0. The van der Waals surface area contributed by atoms with Crippen LogP contribution in [0.5, 0.6) is 0 Å². The molecule has 39 heavy (non-hydrogen) atoms. The Kier molecular flexibility index (Phi) is 13.7. The normalized spacial score (nSPS) is 24.5. The molecule has 0 bridgehead atoms. The third kappa shape index (κ3) is 11.9. The van der Waals surface area contributed by atoms with Crippen LogP contribution in [-0.2, 0) is 38.1 Å². The predicted octanol–water partition coefficient (Wildman–Crippen LogP) is 3.04. The average molecular weight is 553 g/mol. The number of aliphatic hydroxyl groups is 2. The lowest BCUT2D eigenvalue weighted by atomic mass is 9.73. The van der Waals surface area contributed by atoms with Gasteiger partial charge in [-0.2, -0.15) is 0 Å². The van der Waals surface area contributed by atoms with Crippen molar-refractivity contribution in [3.8, 4) is 0 Å². The molecule has 0 heterocycles. The van der Waals surface area contributed by atoms with E-state index in [0.717, 1.165) is 57.8 Å². The van der Waals surface area contributed by atoms with Gasteiger partial charge >= 0.3 is 23.9 Å². The van der Waals surface area contributed by atoms with Gasteiger partial charge in [-0.25, -0.2) is 9.59 Å². The first kappa shape index (κ1) is 32.5. The van der Waals surface area contributed by atoms with E-state index in [1.807, 2.05) is 0 Å². The van der Waals surface area contributed by atoms with Gasteiger partial charge in [0.15, 0.2) is 0 Å². The van der Waals surface area contributed by atoms with Crippen molar-refractivity contribution in [2.24, 2.45) is 23.7 Å². The summed E-state index contributed by atoms with van der Waals surface area (Å²) >= 11 is 0. The molecule has 0 saturated heterocycles. The highest BCUT2D eigenvalue weighted by Crippen LogP contribution is 2.39. The Labute approximate surface area is 230 Å². The molecule has 2 aliphatic rings. The zero-order valence-corrected chi connectivity index (χ0v) is 23.2. The minimum Gasteiger partial charge on any atom is -0.463 e. The maximum Gasteiger partial charge on any atom is 0.333 e. The average Bonchev–Trinajstić information content (AvgIpc) is 2.92. The third-order valence-corrected chi connectivity index (χ3v) is 7.37. The van der Waals surface area contributed by atoms with E-state index >= 15 is 0 Å². The Morgan fingerprint density at radius 1 is 0.615 bits per heavy atom. The molecular weight excluding hydrogens is 508 g/mol. The highest BCUT2D eigenvalue weighted by atomic mass is 16.6. The van der Waals surface area contributed by atoms with E-state index in [4.69, 9.17) is 18.9 Å². The van der Waals surface area contributed by atoms with Crippen LogP contribution in [0.1, 0.15) is 71.6 Å². The number of esters is 4. The van der Waals surface area contributed by atoms with E-state index < -0.39 is 24.1 Å². The number of hydrogen-bond acceptors (Lipinski definition) is 10. The van der Waals surface area contributed by atoms with Crippen molar-refractivity contribution >= 4 is 23.9 Å². The zero-order chi connectivity index (χ0) is 28.9. The molecule has 2 N–H and O–H groups in total. The zero-order valence-electron chi connectivity index (χ0n) is 23.2. The van der Waals surface area contributed by atoms with Gasteiger partial charge in [0, 0.05) is 11.1 Å². The van der Waals surface area contributed by atoms with Crippen molar-refractivity contribution < 1.29 is 48.3 Å². The summed E-state index contributed by atoms with van der Waals surface area (Å²) in [5, 5.41) is 19.7. The molecule has 2 rings (SSSR count). The standard InChI is InChI=1S/C29H44O10/c1-18(2)26(32)36-14-24(30)16-38-28(34)22-9-5-20(6-10-22)13-21-7-11-23(12-8-21)29(35)39-17-25(31)15-37-27(33)19(3)4/h20-25,30-31H,1,3,5-17H2,2,4H3. The van der Waals surface area contributed by atoms with Gasteiger partial charge in [-0.3, -0.25) is 9.59 Å². The number of carbonyl (C=O) groups is 4. The molecule has 2 fully saturated rings. The second-order valence-corrected chi connectivity index (χ2v) is 11.0. The topological polar surface area (TPSA) is 146 Å². The van der Waals surface area contributed by atoms with E-state index in [2.05, 4.69) is 13.2 Å². The van der Waals surface area contributed by atoms with Crippen molar-refractivity contribution in [3.05, 3.63) is 24.3 Å². The van der Waals surface area contributed by atoms with Crippen LogP contribution in [0.4, 0.5) is 0 Å². The first-order valence-corrected chi connectivity index (χ1v) is 13.8. The Bertz CT molecular complexity index is 795. The highest BCUT2D eigenvalue weighted by molar-refractivity contribution is 5.87. The molecule has 0 radical (unpaired) electrons. The summed E-state index contributed by atoms with van der Waals surface area (Å²) < 4.78 is 20.2. The molecule has 2 aliphatic carbocycles. The summed E-state index contributed by atoms with van der Waals surface area (Å²) in [5.74, 6) is -1.13. The monoisotopic (exact) mass is 552 g/mol. The van der Waals surface area contributed by atoms with E-state index in [0.29, 0.717) is 11.8 Å². The fourth-order valence-electron chi connectivity index (χ4n) is 5.02. The van der Waals surface area contributed by atoms with Crippen molar-refractivity contribution in [1.82, 2.24) is 0 Å². The Hall–Kier alpha value is -2.72. The Balaban J connectivity index is 1.58. The van der Waals surface area contributed by atoms with Crippen molar-refractivity contribution in [2.45, 2.75) is 83.8 Å². The van der Waals surface area contributed by atoms with Gasteiger partial charge in [-0.1, -0.05) is 13.2 Å². The van der Waals surface area contributed by atoms with Crippen molar-refractivity contribution in [3.63, 3.8) is 0 Å². The van der Waals surface area contributed by atoms with Crippen LogP contribution in [0, 0.1) is 23.7 Å². The number of carbonyl (C=O) groups excluding carboxylic acids is 4. The van der Waals surface area contributed by atoms with E-state index in [1.54, 1.807) is 0 Å². The van der Waals surface area contributed by atoms with Gasteiger partial charge in [0.1, 0.15) is 38.6 Å². The van der Waals surface area contributed by atoms with Gasteiger partial charge < -0.3 is 29.2 Å². The third-order valence-electron chi connectivity index (χ3n) is 7.37. The molecule has 0 aliphatic heterocycles. The molecule has 0 spiro atoms. The lowest BCUT2D eigenvalue weighted by Gasteiger charge is -2.33. The minimum atomic E-state index is -1.07. The van der Waals surface area contributed by atoms with Gasteiger partial charge in [0.2, 0.25) is 0 Å². The molecule has 2 unspecified atom stereocenters. The maximum absolute atomic E-state index is 12.4. The number of rotatable bonds is 14.